The third-order valence-electron chi connectivity index (χ3n) is 6.33. The molecule has 8 heteroatoms. The number of methoxy groups -OCH3 is 2. The number of hydrogen-bond acceptors (Lipinski definition) is 7. The molecule has 4 rings (SSSR count). The molecule has 0 saturated heterocycles. The molecule has 0 atom stereocenters. The van der Waals surface area contributed by atoms with Crippen LogP contribution in [0.15, 0.2) is 48.5 Å². The van der Waals surface area contributed by atoms with Crippen LogP contribution in [0.1, 0.15) is 46.4 Å². The fraction of sp³-hybridized carbons (Fsp3) is 0.250. The van der Waals surface area contributed by atoms with E-state index in [2.05, 4.69) is 0 Å². The molecule has 0 spiro atoms. The number of nitro benzene ring substituents is 1. The number of aliphatic hydroxyl groups is 1. The van der Waals surface area contributed by atoms with Crippen LogP contribution >= 0.6 is 0 Å². The lowest BCUT2D eigenvalue weighted by molar-refractivity contribution is -0.385. The molecular formula is C28H28N2O6. The number of fused-ring (bicyclic) bond motifs is 2. The van der Waals surface area contributed by atoms with Gasteiger partial charge in [0.25, 0.3) is 5.69 Å². The average Bonchev–Trinajstić information content (AvgIpc) is 2.91. The topological polar surface area (TPSA) is 102 Å². The van der Waals surface area contributed by atoms with Crippen LogP contribution in [-0.2, 0) is 6.42 Å². The van der Waals surface area contributed by atoms with Gasteiger partial charge in [-0.1, -0.05) is 36.4 Å². The molecule has 1 aliphatic rings. The van der Waals surface area contributed by atoms with Crippen LogP contribution < -0.4 is 14.4 Å². The number of hydrogen-bond donors (Lipinski definition) is 1. The summed E-state index contributed by atoms with van der Waals surface area (Å²) in [6.07, 6.45) is 3.83. The van der Waals surface area contributed by atoms with Crippen LogP contribution in [-0.4, -0.2) is 49.7 Å². The van der Waals surface area contributed by atoms with Crippen LogP contribution in [0.25, 0.3) is 12.2 Å². The predicted molar refractivity (Wildman–Crippen MR) is 139 cm³/mol. The fourth-order valence-electron chi connectivity index (χ4n) is 4.57. The van der Waals surface area contributed by atoms with E-state index in [0.29, 0.717) is 64.5 Å². The molecule has 0 amide bonds. The summed E-state index contributed by atoms with van der Waals surface area (Å²) in [7, 11) is 3.08. The van der Waals surface area contributed by atoms with Crippen molar-refractivity contribution < 1.29 is 25.7 Å². The molecule has 3 aromatic carbocycles. The molecule has 1 aliphatic carbocycles. The van der Waals surface area contributed by atoms with Gasteiger partial charge in [-0.05, 0) is 30.2 Å². The molecule has 3 aromatic rings. The first-order valence-electron chi connectivity index (χ1n) is 12.2. The second-order valence-corrected chi connectivity index (χ2v) is 8.26. The number of nitrogens with zero attached hydrogens (tertiary/aromatic N) is 2. The summed E-state index contributed by atoms with van der Waals surface area (Å²) in [5.41, 5.74) is 3.92. The Hall–Kier alpha value is -4.17. The number of nitro groups is 1. The van der Waals surface area contributed by atoms with E-state index < -0.39 is 4.92 Å². The van der Waals surface area contributed by atoms with Crippen molar-refractivity contribution in [3.63, 3.8) is 0 Å². The van der Waals surface area contributed by atoms with Crippen molar-refractivity contribution in [2.75, 3.05) is 38.8 Å². The van der Waals surface area contributed by atoms with Crippen LogP contribution in [0, 0.1) is 10.1 Å². The maximum atomic E-state index is 13.4. The number of anilines is 1. The van der Waals surface area contributed by atoms with Gasteiger partial charge in [-0.15, -0.1) is 0 Å². The highest BCUT2D eigenvalue weighted by Gasteiger charge is 2.31. The van der Waals surface area contributed by atoms with Gasteiger partial charge in [-0.3, -0.25) is 14.9 Å². The molecule has 0 aromatic heterocycles. The van der Waals surface area contributed by atoms with E-state index >= 15 is 0 Å². The molecule has 0 aliphatic heterocycles. The molecule has 186 valence electrons. The number of likely N-dealkylation sites (N-methyl/N-ethyl adjacent to an activating group) is 1. The first-order valence-corrected chi connectivity index (χ1v) is 11.5. The monoisotopic (exact) mass is 489 g/mol. The molecule has 0 bridgehead atoms. The summed E-state index contributed by atoms with van der Waals surface area (Å²) >= 11 is 0. The Morgan fingerprint density at radius 1 is 1.11 bits per heavy atom. The zero-order chi connectivity index (χ0) is 26.5. The highest BCUT2D eigenvalue weighted by molar-refractivity contribution is 6.15. The zero-order valence-electron chi connectivity index (χ0n) is 21.2. The fourth-order valence-corrected chi connectivity index (χ4v) is 4.57. The van der Waals surface area contributed by atoms with E-state index in [0.717, 1.165) is 5.56 Å². The molecule has 1 N–H and O–H groups in total. The van der Waals surface area contributed by atoms with E-state index in [1.54, 1.807) is 49.6 Å². The Morgan fingerprint density at radius 2 is 1.86 bits per heavy atom. The van der Waals surface area contributed by atoms with Crippen LogP contribution in [0.5, 0.6) is 11.5 Å². The predicted octanol–water partition coefficient (Wildman–Crippen LogP) is 4.74. The highest BCUT2D eigenvalue weighted by atomic mass is 16.6. The SMILES string of the molecule is [2H]CCN(CCO)c1cc(OC)c(/C=C/c2ccc([N+](=O)[O-])c3c2C(=O)c2ccccc2C3)cc1OC. The highest BCUT2D eigenvalue weighted by Crippen LogP contribution is 2.38. The van der Waals surface area contributed by atoms with Crippen LogP contribution in [0.3, 0.4) is 0 Å². The largest absolute Gasteiger partial charge is 0.496 e. The van der Waals surface area contributed by atoms with Crippen molar-refractivity contribution in [3.8, 4) is 11.5 Å². The van der Waals surface area contributed by atoms with E-state index in [1.807, 2.05) is 17.0 Å². The molecule has 8 nitrogen and oxygen atoms in total. The average molecular weight is 490 g/mol. The maximum absolute atomic E-state index is 13.4. The number of rotatable bonds is 9. The van der Waals surface area contributed by atoms with E-state index in [9.17, 15) is 20.0 Å². The van der Waals surface area contributed by atoms with Crippen molar-refractivity contribution in [2.24, 2.45) is 0 Å². The second-order valence-electron chi connectivity index (χ2n) is 8.26. The van der Waals surface area contributed by atoms with E-state index in [1.165, 1.54) is 13.2 Å². The third kappa shape index (κ3) is 4.55. The molecule has 0 unspecified atom stereocenters. The summed E-state index contributed by atoms with van der Waals surface area (Å²) in [6, 6.07) is 13.8. The summed E-state index contributed by atoms with van der Waals surface area (Å²) in [5.74, 6) is 0.834. The minimum absolute atomic E-state index is 0.0722. The van der Waals surface area contributed by atoms with Gasteiger partial charge in [0.15, 0.2) is 5.78 Å². The quantitative estimate of drug-likeness (QED) is 0.206. The summed E-state index contributed by atoms with van der Waals surface area (Å²) in [4.78, 5) is 26.6. The third-order valence-corrected chi connectivity index (χ3v) is 6.33. The number of benzene rings is 3. The zero-order valence-corrected chi connectivity index (χ0v) is 20.2. The lowest BCUT2D eigenvalue weighted by atomic mass is 9.81. The van der Waals surface area contributed by atoms with Gasteiger partial charge in [0, 0.05) is 55.3 Å². The van der Waals surface area contributed by atoms with Crippen LogP contribution in [0.2, 0.25) is 0 Å². The van der Waals surface area contributed by atoms with Gasteiger partial charge in [0.2, 0.25) is 0 Å². The van der Waals surface area contributed by atoms with Crippen molar-refractivity contribution in [1.29, 1.82) is 0 Å². The number of aliphatic hydroxyl groups excluding tert-OH is 1. The number of carbonyl (C=O) groups excluding carboxylic acids is 1. The molecular weight excluding hydrogens is 460 g/mol. The summed E-state index contributed by atoms with van der Waals surface area (Å²) < 4.78 is 18.8. The van der Waals surface area contributed by atoms with Gasteiger partial charge in [-0.25, -0.2) is 0 Å². The normalized spacial score (nSPS) is 12.6. The molecule has 0 radical (unpaired) electrons. The second kappa shape index (κ2) is 10.6. The van der Waals surface area contributed by atoms with Gasteiger partial charge < -0.3 is 19.5 Å². The Bertz CT molecular complexity index is 1370. The lowest BCUT2D eigenvalue weighted by Crippen LogP contribution is -2.26. The summed E-state index contributed by atoms with van der Waals surface area (Å²) in [6.45, 7) is 0.824. The minimum Gasteiger partial charge on any atom is -0.496 e. The first kappa shape index (κ1) is 23.6. The Balaban J connectivity index is 1.80. The number of ether oxygens (including phenoxy) is 2. The standard InChI is InChI=1S/C28H28N2O6/c1-4-29(13-14-31)24-17-25(35-2)20(16-26(24)36-3)10-9-18-11-12-23(30(33)34)22-15-19-7-5-6-8-21(19)28(32)27(18)22/h5-12,16-17,31H,4,13-15H2,1-3H3/b10-9+/i1D. The van der Waals surface area contributed by atoms with E-state index in [4.69, 9.17) is 10.8 Å². The number of ketones is 1. The minimum atomic E-state index is -0.449. The van der Waals surface area contributed by atoms with Crippen molar-refractivity contribution in [2.45, 2.75) is 13.3 Å². The van der Waals surface area contributed by atoms with Gasteiger partial charge >= 0.3 is 0 Å². The van der Waals surface area contributed by atoms with Gasteiger partial charge in [0.05, 0.1) is 31.4 Å². The van der Waals surface area contributed by atoms with Gasteiger partial charge in [0.1, 0.15) is 11.5 Å². The molecule has 36 heavy (non-hydrogen) atoms. The Morgan fingerprint density at radius 3 is 2.56 bits per heavy atom. The molecule has 0 heterocycles. The smallest absolute Gasteiger partial charge is 0.273 e. The van der Waals surface area contributed by atoms with Crippen molar-refractivity contribution >= 4 is 29.3 Å². The van der Waals surface area contributed by atoms with Crippen molar-refractivity contribution in [1.82, 2.24) is 0 Å². The molecule has 0 saturated carbocycles. The van der Waals surface area contributed by atoms with E-state index in [-0.39, 0.29) is 25.0 Å². The maximum Gasteiger partial charge on any atom is 0.273 e. The number of carbonyl (C=O) groups is 1. The van der Waals surface area contributed by atoms with Gasteiger partial charge in [-0.2, -0.15) is 0 Å². The lowest BCUT2D eigenvalue weighted by Gasteiger charge is -2.25. The first-order chi connectivity index (χ1) is 17.9. The van der Waals surface area contributed by atoms with Crippen molar-refractivity contribution in [3.05, 3.63) is 92.0 Å². The Kier molecular flexibility index (Phi) is 6.95. The summed E-state index contributed by atoms with van der Waals surface area (Å²) in [5, 5.41) is 21.2. The Labute approximate surface area is 211 Å². The molecule has 0 fully saturated rings. The van der Waals surface area contributed by atoms with Crippen LogP contribution in [0.4, 0.5) is 11.4 Å².